The minimum atomic E-state index is -3.98. The molecule has 2 aliphatic rings. The number of nitrogens with one attached hydrogen (secondary N) is 1. The summed E-state index contributed by atoms with van der Waals surface area (Å²) in [6.45, 7) is 5.33. The Morgan fingerprint density at radius 3 is 2.38 bits per heavy atom. The lowest BCUT2D eigenvalue weighted by Gasteiger charge is -2.42. The summed E-state index contributed by atoms with van der Waals surface area (Å²) in [4.78, 5) is 33.0. The van der Waals surface area contributed by atoms with Crippen LogP contribution < -0.4 is 15.2 Å². The molecular formula is C31H39N11O4S. The molecule has 5 heterocycles. The molecule has 0 spiro atoms. The highest BCUT2D eigenvalue weighted by molar-refractivity contribution is 7.89. The van der Waals surface area contributed by atoms with Gasteiger partial charge in [0.25, 0.3) is 5.56 Å². The number of carbonyl (C=O) groups is 1. The summed E-state index contributed by atoms with van der Waals surface area (Å²) in [5.41, 5.74) is 3.04. The summed E-state index contributed by atoms with van der Waals surface area (Å²) in [5, 5.41) is 13.7. The van der Waals surface area contributed by atoms with Crippen molar-refractivity contribution in [1.82, 2.24) is 48.3 Å². The van der Waals surface area contributed by atoms with Crippen LogP contribution in [0.25, 0.3) is 27.7 Å². The van der Waals surface area contributed by atoms with Crippen LogP contribution in [0.2, 0.25) is 0 Å². The van der Waals surface area contributed by atoms with Gasteiger partial charge in [0.1, 0.15) is 11.2 Å². The van der Waals surface area contributed by atoms with Crippen molar-refractivity contribution in [3.05, 3.63) is 59.0 Å². The molecule has 2 fully saturated rings. The van der Waals surface area contributed by atoms with Gasteiger partial charge in [-0.15, -0.1) is 0 Å². The molecule has 1 atom stereocenters. The molecule has 1 saturated carbocycles. The second kappa shape index (κ2) is 10.9. The number of aryl methyl sites for hydroxylation is 2. The first-order valence-electron chi connectivity index (χ1n) is 15.6. The Hall–Kier alpha value is -4.70. The average Bonchev–Trinajstić information content (AvgIpc) is 3.37. The van der Waals surface area contributed by atoms with E-state index in [2.05, 4.69) is 19.8 Å². The van der Waals surface area contributed by atoms with Crippen molar-refractivity contribution in [3.63, 3.8) is 0 Å². The van der Waals surface area contributed by atoms with Crippen molar-refractivity contribution in [2.24, 2.45) is 14.1 Å². The lowest BCUT2D eigenvalue weighted by atomic mass is 10.1. The maximum absolute atomic E-state index is 14.7. The molecule has 1 aromatic carbocycles. The monoisotopic (exact) mass is 661 g/mol. The van der Waals surface area contributed by atoms with E-state index in [-0.39, 0.29) is 34.5 Å². The van der Waals surface area contributed by atoms with Crippen LogP contribution in [0.4, 0.5) is 10.5 Å². The average molecular weight is 662 g/mol. The first-order valence-corrected chi connectivity index (χ1v) is 17.0. The smallest absolute Gasteiger partial charge is 0.319 e. The Labute approximate surface area is 272 Å². The molecule has 4 aromatic heterocycles. The van der Waals surface area contributed by atoms with E-state index >= 15 is 0 Å². The van der Waals surface area contributed by atoms with E-state index in [9.17, 15) is 18.0 Å². The molecular weight excluding hydrogens is 622 g/mol. The number of amides is 2. The van der Waals surface area contributed by atoms with Gasteiger partial charge in [-0.2, -0.15) is 15.3 Å². The minimum absolute atomic E-state index is 0.0107. The molecule has 7 rings (SSSR count). The molecule has 1 saturated heterocycles. The lowest BCUT2D eigenvalue weighted by molar-refractivity contribution is 0.147. The van der Waals surface area contributed by atoms with E-state index in [0.29, 0.717) is 42.0 Å². The molecule has 5 aromatic rings. The maximum atomic E-state index is 14.7. The number of aromatic nitrogens is 7. The summed E-state index contributed by atoms with van der Waals surface area (Å²) in [5.74, 6) is 0. The van der Waals surface area contributed by atoms with Crippen LogP contribution in [-0.4, -0.2) is 103 Å². The molecule has 0 radical (unpaired) electrons. The quantitative estimate of drug-likeness (QED) is 0.278. The molecule has 0 unspecified atom stereocenters. The van der Waals surface area contributed by atoms with Gasteiger partial charge in [0.2, 0.25) is 10.0 Å². The fourth-order valence-electron chi connectivity index (χ4n) is 6.42. The number of sulfonamides is 1. The van der Waals surface area contributed by atoms with E-state index in [1.54, 1.807) is 67.0 Å². The van der Waals surface area contributed by atoms with Gasteiger partial charge in [0.15, 0.2) is 0 Å². The zero-order chi connectivity index (χ0) is 33.4. The highest BCUT2D eigenvalue weighted by atomic mass is 32.2. The van der Waals surface area contributed by atoms with Crippen molar-refractivity contribution < 1.29 is 13.2 Å². The zero-order valence-electron chi connectivity index (χ0n) is 27.4. The third-order valence-corrected chi connectivity index (χ3v) is 10.8. The van der Waals surface area contributed by atoms with Crippen LogP contribution in [0.15, 0.2) is 52.8 Å². The van der Waals surface area contributed by atoms with E-state index < -0.39 is 15.6 Å². The Morgan fingerprint density at radius 2 is 1.77 bits per heavy atom. The summed E-state index contributed by atoms with van der Waals surface area (Å²) < 4.78 is 37.3. The summed E-state index contributed by atoms with van der Waals surface area (Å²) in [6, 6.07) is 2.84. The first-order chi connectivity index (χ1) is 22.2. The van der Waals surface area contributed by atoms with Gasteiger partial charge in [-0.3, -0.25) is 18.7 Å². The third-order valence-electron chi connectivity index (χ3n) is 9.15. The number of carbonyl (C=O) groups excluding carboxylic acids is 1. The van der Waals surface area contributed by atoms with E-state index in [1.807, 2.05) is 40.3 Å². The Morgan fingerprint density at radius 1 is 1.04 bits per heavy atom. The SMILES string of the molecule is C[C@@H]1CN(c2cc(S(=O)(=O)NC3(C)CC3)cc3c(=O)n(Cc4cnn(C)c4)c4c(-c5cnn(C)c5)cnn4c23)CCN1C(=O)N(C)C. The number of rotatable bonds is 7. The molecule has 47 heavy (non-hydrogen) atoms. The predicted molar refractivity (Wildman–Crippen MR) is 177 cm³/mol. The van der Waals surface area contributed by atoms with Gasteiger partial charge in [0, 0.05) is 88.5 Å². The van der Waals surface area contributed by atoms with Gasteiger partial charge in [-0.05, 0) is 38.8 Å². The fourth-order valence-corrected chi connectivity index (χ4v) is 7.93. The molecule has 0 bridgehead atoms. The molecule has 2 amide bonds. The van der Waals surface area contributed by atoms with Crippen LogP contribution in [0, 0.1) is 0 Å². The second-order valence-corrected chi connectivity index (χ2v) is 15.0. The van der Waals surface area contributed by atoms with Crippen molar-refractivity contribution >= 4 is 38.3 Å². The number of urea groups is 1. The van der Waals surface area contributed by atoms with Crippen molar-refractivity contribution in [2.75, 3.05) is 38.6 Å². The van der Waals surface area contributed by atoms with Crippen LogP contribution >= 0.6 is 0 Å². The Kier molecular flexibility index (Phi) is 7.20. The van der Waals surface area contributed by atoms with Crippen molar-refractivity contribution in [3.8, 4) is 11.1 Å². The number of piperazine rings is 1. The molecule has 1 N–H and O–H groups in total. The lowest BCUT2D eigenvalue weighted by Crippen LogP contribution is -2.56. The van der Waals surface area contributed by atoms with Crippen LogP contribution in [0.1, 0.15) is 32.3 Å². The molecule has 248 valence electrons. The topological polar surface area (TPSA) is 148 Å². The van der Waals surface area contributed by atoms with Gasteiger partial charge in [-0.25, -0.2) is 22.4 Å². The van der Waals surface area contributed by atoms with Gasteiger partial charge >= 0.3 is 6.03 Å². The molecule has 1 aliphatic carbocycles. The summed E-state index contributed by atoms with van der Waals surface area (Å²) >= 11 is 0. The van der Waals surface area contributed by atoms with Crippen LogP contribution in [0.3, 0.4) is 0 Å². The van der Waals surface area contributed by atoms with Crippen LogP contribution in [-0.2, 0) is 30.7 Å². The molecule has 15 nitrogen and oxygen atoms in total. The summed E-state index contributed by atoms with van der Waals surface area (Å²) in [7, 11) is 3.10. The third kappa shape index (κ3) is 5.44. The summed E-state index contributed by atoms with van der Waals surface area (Å²) in [6.07, 6.45) is 10.3. The van der Waals surface area contributed by atoms with Crippen LogP contribution in [0.5, 0.6) is 0 Å². The number of nitrogens with zero attached hydrogens (tertiary/aromatic N) is 10. The normalized spacial score (nSPS) is 18.0. The first kappa shape index (κ1) is 30.9. The zero-order valence-corrected chi connectivity index (χ0v) is 28.2. The number of hydrogen-bond acceptors (Lipinski definition) is 8. The number of fused-ring (bicyclic) bond motifs is 3. The predicted octanol–water partition coefficient (Wildman–Crippen LogP) is 1.85. The molecule has 1 aliphatic heterocycles. The van der Waals surface area contributed by atoms with Gasteiger partial charge < -0.3 is 14.7 Å². The maximum Gasteiger partial charge on any atom is 0.319 e. The van der Waals surface area contributed by atoms with E-state index in [0.717, 1.165) is 24.0 Å². The highest BCUT2D eigenvalue weighted by Gasteiger charge is 2.42. The van der Waals surface area contributed by atoms with Gasteiger partial charge in [-0.1, -0.05) is 0 Å². The number of hydrogen-bond donors (Lipinski definition) is 1. The van der Waals surface area contributed by atoms with E-state index in [1.165, 1.54) is 6.07 Å². The second-order valence-electron chi connectivity index (χ2n) is 13.3. The van der Waals surface area contributed by atoms with E-state index in [4.69, 9.17) is 5.10 Å². The molecule has 16 heteroatoms. The number of anilines is 1. The van der Waals surface area contributed by atoms with Gasteiger partial charge in [0.05, 0.1) is 41.1 Å². The largest absolute Gasteiger partial charge is 0.366 e. The standard InChI is InChI=1S/C31H39N11O4S/c1-20-16-39(9-10-40(20)30(44)36(3)4)26-12-23(47(45,46)35-31(2)7-8-31)11-24-27(26)42-28(25(15-34-42)22-14-33-38(6)19-22)41(29(24)43)18-21-13-32-37(5)17-21/h11-15,17,19-20,35H,7-10,16,18H2,1-6H3/t20-/m1/s1. The minimum Gasteiger partial charge on any atom is -0.366 e. The Balaban J connectivity index is 1.49. The highest BCUT2D eigenvalue weighted by Crippen LogP contribution is 2.38. The van der Waals surface area contributed by atoms with Crippen molar-refractivity contribution in [2.45, 2.75) is 49.7 Å². The fraction of sp³-hybridized carbons (Fsp3) is 0.452. The Bertz CT molecular complexity index is 2210. The number of benzene rings is 1. The van der Waals surface area contributed by atoms with Crippen molar-refractivity contribution in [1.29, 1.82) is 0 Å².